The van der Waals surface area contributed by atoms with E-state index in [1.54, 1.807) is 12.4 Å². The minimum Gasteiger partial charge on any atom is -0.373 e. The summed E-state index contributed by atoms with van der Waals surface area (Å²) in [4.78, 5) is 20.4. The molecule has 1 aromatic rings. The first-order valence-electron chi connectivity index (χ1n) is 7.43. The van der Waals surface area contributed by atoms with Crippen LogP contribution in [0.1, 0.15) is 13.8 Å². The highest BCUT2D eigenvalue weighted by Gasteiger charge is 2.18. The molecular weight excluding hydrogens is 278 g/mol. The third kappa shape index (κ3) is 4.22. The van der Waals surface area contributed by atoms with E-state index >= 15 is 0 Å². The maximum absolute atomic E-state index is 11.9. The van der Waals surface area contributed by atoms with Crippen molar-refractivity contribution in [1.29, 1.82) is 5.26 Å². The number of amides is 1. The summed E-state index contributed by atoms with van der Waals surface area (Å²) >= 11 is 0. The van der Waals surface area contributed by atoms with Crippen LogP contribution >= 0.6 is 0 Å². The SMILES string of the molecule is CC(C)NC(=O)/C(C#N)=C\N1CCN(c2ccccn2)CC1. The zero-order chi connectivity index (χ0) is 15.9. The first-order valence-corrected chi connectivity index (χ1v) is 7.43. The standard InChI is InChI=1S/C16H21N5O/c1-13(2)19-16(22)14(11-17)12-20-7-9-21(10-8-20)15-5-3-4-6-18-15/h3-6,12-13H,7-10H2,1-2H3,(H,19,22)/b14-12-. The lowest BCUT2D eigenvalue weighted by Crippen LogP contribution is -2.45. The average molecular weight is 299 g/mol. The lowest BCUT2D eigenvalue weighted by molar-refractivity contribution is -0.117. The molecule has 0 aliphatic carbocycles. The van der Waals surface area contributed by atoms with Gasteiger partial charge in [-0.2, -0.15) is 5.26 Å². The summed E-state index contributed by atoms with van der Waals surface area (Å²) in [6.45, 7) is 6.90. The Morgan fingerprint density at radius 3 is 2.64 bits per heavy atom. The van der Waals surface area contributed by atoms with E-state index in [1.165, 1.54) is 0 Å². The van der Waals surface area contributed by atoms with Crippen LogP contribution in [0.5, 0.6) is 0 Å². The molecule has 2 rings (SSSR count). The van der Waals surface area contributed by atoms with Gasteiger partial charge in [0.25, 0.3) is 5.91 Å². The van der Waals surface area contributed by atoms with Crippen LogP contribution < -0.4 is 10.2 Å². The van der Waals surface area contributed by atoms with Gasteiger partial charge in [0.2, 0.25) is 0 Å². The van der Waals surface area contributed by atoms with Gasteiger partial charge in [-0.25, -0.2) is 4.98 Å². The number of carbonyl (C=O) groups excluding carboxylic acids is 1. The topological polar surface area (TPSA) is 72.3 Å². The molecule has 0 radical (unpaired) electrons. The van der Waals surface area contributed by atoms with E-state index in [0.29, 0.717) is 0 Å². The van der Waals surface area contributed by atoms with E-state index in [0.717, 1.165) is 32.0 Å². The zero-order valence-electron chi connectivity index (χ0n) is 13.0. The van der Waals surface area contributed by atoms with Crippen LogP contribution in [0.3, 0.4) is 0 Å². The minimum absolute atomic E-state index is 0.0188. The Hall–Kier alpha value is -2.55. The van der Waals surface area contributed by atoms with Crippen molar-refractivity contribution in [2.75, 3.05) is 31.1 Å². The van der Waals surface area contributed by atoms with Crippen LogP contribution in [0.25, 0.3) is 0 Å². The summed E-state index contributed by atoms with van der Waals surface area (Å²) in [6, 6.07) is 7.85. The molecule has 116 valence electrons. The molecule has 0 bridgehead atoms. The third-order valence-electron chi connectivity index (χ3n) is 3.38. The number of nitriles is 1. The molecule has 1 amide bonds. The van der Waals surface area contributed by atoms with Crippen molar-refractivity contribution in [3.8, 4) is 6.07 Å². The van der Waals surface area contributed by atoms with Crippen molar-refractivity contribution < 1.29 is 4.79 Å². The van der Waals surface area contributed by atoms with Gasteiger partial charge in [-0.3, -0.25) is 4.79 Å². The lowest BCUT2D eigenvalue weighted by Gasteiger charge is -2.34. The highest BCUT2D eigenvalue weighted by atomic mass is 16.1. The summed E-state index contributed by atoms with van der Waals surface area (Å²) < 4.78 is 0. The van der Waals surface area contributed by atoms with E-state index in [1.807, 2.05) is 43.0 Å². The molecule has 0 aromatic carbocycles. The number of nitrogens with zero attached hydrogens (tertiary/aromatic N) is 4. The molecule has 0 atom stereocenters. The van der Waals surface area contributed by atoms with Crippen molar-refractivity contribution in [3.05, 3.63) is 36.2 Å². The predicted molar refractivity (Wildman–Crippen MR) is 85.0 cm³/mol. The number of hydrogen-bond acceptors (Lipinski definition) is 5. The Bertz CT molecular complexity index is 568. The van der Waals surface area contributed by atoms with Crippen molar-refractivity contribution in [3.63, 3.8) is 0 Å². The second-order valence-corrected chi connectivity index (χ2v) is 5.49. The molecule has 1 fully saturated rings. The quantitative estimate of drug-likeness (QED) is 0.666. The lowest BCUT2D eigenvalue weighted by atomic mass is 10.2. The summed E-state index contributed by atoms with van der Waals surface area (Å²) in [7, 11) is 0. The van der Waals surface area contributed by atoms with Gasteiger partial charge in [0.15, 0.2) is 0 Å². The Morgan fingerprint density at radius 1 is 1.36 bits per heavy atom. The second-order valence-electron chi connectivity index (χ2n) is 5.49. The number of pyridine rings is 1. The van der Waals surface area contributed by atoms with Crippen LogP contribution in [0.15, 0.2) is 36.2 Å². The first-order chi connectivity index (χ1) is 10.6. The number of piperazine rings is 1. The molecule has 1 saturated heterocycles. The molecule has 22 heavy (non-hydrogen) atoms. The number of aromatic nitrogens is 1. The molecule has 6 nitrogen and oxygen atoms in total. The molecule has 1 aliphatic heterocycles. The first kappa shape index (κ1) is 15.8. The summed E-state index contributed by atoms with van der Waals surface area (Å²) in [5, 5.41) is 11.9. The van der Waals surface area contributed by atoms with Gasteiger partial charge in [-0.05, 0) is 26.0 Å². The van der Waals surface area contributed by atoms with E-state index in [4.69, 9.17) is 5.26 Å². The van der Waals surface area contributed by atoms with Gasteiger partial charge >= 0.3 is 0 Å². The summed E-state index contributed by atoms with van der Waals surface area (Å²) in [5.74, 6) is 0.647. The molecule has 2 heterocycles. The summed E-state index contributed by atoms with van der Waals surface area (Å²) in [5.41, 5.74) is 0.153. The van der Waals surface area contributed by atoms with E-state index in [9.17, 15) is 4.79 Å². The van der Waals surface area contributed by atoms with Crippen molar-refractivity contribution >= 4 is 11.7 Å². The number of anilines is 1. The molecule has 1 N–H and O–H groups in total. The number of nitrogens with one attached hydrogen (secondary N) is 1. The van der Waals surface area contributed by atoms with E-state index < -0.39 is 0 Å². The highest BCUT2D eigenvalue weighted by Crippen LogP contribution is 2.13. The second kappa shape index (κ2) is 7.46. The molecular formula is C16H21N5O. The van der Waals surface area contributed by atoms with Gasteiger partial charge in [0.05, 0.1) is 0 Å². The zero-order valence-corrected chi connectivity index (χ0v) is 13.0. The van der Waals surface area contributed by atoms with Crippen molar-refractivity contribution in [2.45, 2.75) is 19.9 Å². The van der Waals surface area contributed by atoms with Crippen molar-refractivity contribution in [2.24, 2.45) is 0 Å². The van der Waals surface area contributed by atoms with Crippen LogP contribution in [-0.4, -0.2) is 48.0 Å². The normalized spacial score (nSPS) is 15.6. The van der Waals surface area contributed by atoms with Crippen molar-refractivity contribution in [1.82, 2.24) is 15.2 Å². The molecule has 1 aliphatic rings. The Morgan fingerprint density at radius 2 is 2.09 bits per heavy atom. The number of carbonyl (C=O) groups is 1. The maximum atomic E-state index is 11.9. The largest absolute Gasteiger partial charge is 0.373 e. The van der Waals surface area contributed by atoms with Gasteiger partial charge in [0.1, 0.15) is 17.5 Å². The number of rotatable bonds is 4. The monoisotopic (exact) mass is 299 g/mol. The molecule has 6 heteroatoms. The van der Waals surface area contributed by atoms with E-state index in [-0.39, 0.29) is 17.5 Å². The average Bonchev–Trinajstić information content (AvgIpc) is 2.53. The smallest absolute Gasteiger partial charge is 0.263 e. The van der Waals surface area contributed by atoms with Crippen LogP contribution in [-0.2, 0) is 4.79 Å². The predicted octanol–water partition coefficient (Wildman–Crippen LogP) is 1.14. The Balaban J connectivity index is 1.95. The molecule has 0 saturated carbocycles. The maximum Gasteiger partial charge on any atom is 0.263 e. The fraction of sp³-hybridized carbons (Fsp3) is 0.438. The molecule has 1 aromatic heterocycles. The van der Waals surface area contributed by atoms with Gasteiger partial charge < -0.3 is 15.1 Å². The minimum atomic E-state index is -0.315. The van der Waals surface area contributed by atoms with Gasteiger partial charge in [-0.15, -0.1) is 0 Å². The van der Waals surface area contributed by atoms with E-state index in [2.05, 4.69) is 15.2 Å². The highest BCUT2D eigenvalue weighted by molar-refractivity contribution is 5.97. The Labute approximate surface area is 131 Å². The third-order valence-corrected chi connectivity index (χ3v) is 3.38. The van der Waals surface area contributed by atoms with Crippen LogP contribution in [0.4, 0.5) is 5.82 Å². The van der Waals surface area contributed by atoms with Gasteiger partial charge in [-0.1, -0.05) is 6.07 Å². The van der Waals surface area contributed by atoms with Crippen LogP contribution in [0, 0.1) is 11.3 Å². The molecule has 0 spiro atoms. The number of hydrogen-bond donors (Lipinski definition) is 1. The molecule has 0 unspecified atom stereocenters. The fourth-order valence-corrected chi connectivity index (χ4v) is 2.28. The van der Waals surface area contributed by atoms with Crippen LogP contribution in [0.2, 0.25) is 0 Å². The Kier molecular flexibility index (Phi) is 5.37. The van der Waals surface area contributed by atoms with Gasteiger partial charge in [0, 0.05) is 44.6 Å². The summed E-state index contributed by atoms with van der Waals surface area (Å²) in [6.07, 6.45) is 3.44. The fourth-order valence-electron chi connectivity index (χ4n) is 2.28.